The molecule has 0 bridgehead atoms. The zero-order valence-corrected chi connectivity index (χ0v) is 10.4. The van der Waals surface area contributed by atoms with Gasteiger partial charge in [0.25, 0.3) is 5.56 Å². The lowest BCUT2D eigenvalue weighted by molar-refractivity contribution is 0.128. The Hall–Kier alpha value is -0.720. The molecule has 15 heavy (non-hydrogen) atoms. The Morgan fingerprint density at radius 3 is 3.20 bits per heavy atom. The van der Waals surface area contributed by atoms with Crippen LogP contribution < -0.4 is 5.56 Å². The summed E-state index contributed by atoms with van der Waals surface area (Å²) in [7, 11) is 0. The molecule has 0 fully saturated rings. The fraction of sp³-hybridized carbons (Fsp3) is 0.333. The first kappa shape index (κ1) is 10.8. The van der Waals surface area contributed by atoms with Crippen LogP contribution in [0.3, 0.4) is 0 Å². The third-order valence-electron chi connectivity index (χ3n) is 1.84. The second-order valence-corrected chi connectivity index (χ2v) is 5.35. The zero-order chi connectivity index (χ0) is 10.8. The van der Waals surface area contributed by atoms with E-state index >= 15 is 0 Å². The van der Waals surface area contributed by atoms with Crippen molar-refractivity contribution in [1.82, 2.24) is 9.97 Å². The Kier molecular flexibility index (Phi) is 3.18. The van der Waals surface area contributed by atoms with E-state index in [-0.39, 0.29) is 5.56 Å². The number of aromatic amines is 1. The van der Waals surface area contributed by atoms with Gasteiger partial charge in [0.05, 0.1) is 9.30 Å². The summed E-state index contributed by atoms with van der Waals surface area (Å²) >= 11 is 4.71. The largest absolute Gasteiger partial charge is 0.374 e. The fourth-order valence-corrected chi connectivity index (χ4v) is 2.65. The number of fused-ring (bicyclic) bond motifs is 1. The molecule has 80 valence electrons. The molecule has 1 N–H and O–H groups in total. The van der Waals surface area contributed by atoms with Gasteiger partial charge < -0.3 is 9.72 Å². The summed E-state index contributed by atoms with van der Waals surface area (Å²) in [6.07, 6.45) is 0. The molecular weight excluding hydrogens is 280 g/mol. The van der Waals surface area contributed by atoms with Crippen molar-refractivity contribution >= 4 is 37.5 Å². The van der Waals surface area contributed by atoms with Gasteiger partial charge in [-0.15, -0.1) is 11.3 Å². The molecule has 0 saturated heterocycles. The van der Waals surface area contributed by atoms with E-state index < -0.39 is 0 Å². The standard InChI is InChI=1S/C9H9BrN2O2S/c1-2-14-4-7-11-5-3-6(10)15-8(5)9(13)12-7/h3H,2,4H2,1H3,(H,11,12,13). The van der Waals surface area contributed by atoms with Crippen molar-refractivity contribution < 1.29 is 4.74 Å². The molecule has 6 heteroatoms. The number of hydrogen-bond acceptors (Lipinski definition) is 4. The molecular formula is C9H9BrN2O2S. The minimum Gasteiger partial charge on any atom is -0.374 e. The van der Waals surface area contributed by atoms with Gasteiger partial charge in [-0.1, -0.05) is 0 Å². The maximum Gasteiger partial charge on any atom is 0.268 e. The maximum absolute atomic E-state index is 11.6. The molecule has 2 aromatic rings. The Labute approximate surface area is 98.4 Å². The zero-order valence-electron chi connectivity index (χ0n) is 8.04. The summed E-state index contributed by atoms with van der Waals surface area (Å²) in [5, 5.41) is 0. The van der Waals surface area contributed by atoms with E-state index in [2.05, 4.69) is 25.9 Å². The highest BCUT2D eigenvalue weighted by atomic mass is 79.9. The minimum absolute atomic E-state index is 0.106. The van der Waals surface area contributed by atoms with Crippen molar-refractivity contribution in [2.24, 2.45) is 0 Å². The molecule has 0 aliphatic heterocycles. The minimum atomic E-state index is -0.106. The third-order valence-corrected chi connectivity index (χ3v) is 3.47. The molecule has 0 aliphatic carbocycles. The Morgan fingerprint density at radius 2 is 2.47 bits per heavy atom. The number of ether oxygens (including phenoxy) is 1. The average molecular weight is 289 g/mol. The molecule has 0 aliphatic rings. The number of hydrogen-bond donors (Lipinski definition) is 1. The van der Waals surface area contributed by atoms with E-state index in [0.717, 1.165) is 3.79 Å². The number of H-pyrrole nitrogens is 1. The lowest BCUT2D eigenvalue weighted by atomic mass is 10.4. The van der Waals surface area contributed by atoms with Crippen LogP contribution in [0.15, 0.2) is 14.6 Å². The van der Waals surface area contributed by atoms with Crippen molar-refractivity contribution in [3.8, 4) is 0 Å². The van der Waals surface area contributed by atoms with Gasteiger partial charge in [0.2, 0.25) is 0 Å². The topological polar surface area (TPSA) is 55.0 Å². The highest BCUT2D eigenvalue weighted by Gasteiger charge is 2.07. The normalized spacial score (nSPS) is 11.1. The van der Waals surface area contributed by atoms with Gasteiger partial charge in [-0.2, -0.15) is 0 Å². The monoisotopic (exact) mass is 288 g/mol. The Balaban J connectivity index is 2.47. The second-order valence-electron chi connectivity index (χ2n) is 2.91. The van der Waals surface area contributed by atoms with Gasteiger partial charge in [0.15, 0.2) is 0 Å². The number of nitrogens with zero attached hydrogens (tertiary/aromatic N) is 1. The first-order chi connectivity index (χ1) is 7.20. The van der Waals surface area contributed by atoms with Crippen LogP contribution in [0.4, 0.5) is 0 Å². The van der Waals surface area contributed by atoms with Crippen LogP contribution in [0.2, 0.25) is 0 Å². The van der Waals surface area contributed by atoms with Crippen LogP contribution in [0.25, 0.3) is 10.2 Å². The summed E-state index contributed by atoms with van der Waals surface area (Å²) in [6.45, 7) is 2.85. The van der Waals surface area contributed by atoms with E-state index in [4.69, 9.17) is 4.74 Å². The highest BCUT2D eigenvalue weighted by Crippen LogP contribution is 2.25. The number of nitrogens with one attached hydrogen (secondary N) is 1. The summed E-state index contributed by atoms with van der Waals surface area (Å²) in [5.74, 6) is 0.569. The van der Waals surface area contributed by atoms with Gasteiger partial charge in [-0.25, -0.2) is 4.98 Å². The number of aromatic nitrogens is 2. The van der Waals surface area contributed by atoms with Crippen molar-refractivity contribution in [3.63, 3.8) is 0 Å². The van der Waals surface area contributed by atoms with Crippen molar-refractivity contribution in [3.05, 3.63) is 26.0 Å². The summed E-state index contributed by atoms with van der Waals surface area (Å²) in [5.41, 5.74) is 0.607. The van der Waals surface area contributed by atoms with E-state index in [1.165, 1.54) is 11.3 Å². The van der Waals surface area contributed by atoms with Gasteiger partial charge in [0, 0.05) is 6.61 Å². The van der Waals surface area contributed by atoms with Crippen LogP contribution in [0, 0.1) is 0 Å². The molecule has 0 spiro atoms. The Morgan fingerprint density at radius 1 is 1.67 bits per heavy atom. The predicted octanol–water partition coefficient (Wildman–Crippen LogP) is 2.28. The maximum atomic E-state index is 11.6. The van der Waals surface area contributed by atoms with Crippen molar-refractivity contribution in [1.29, 1.82) is 0 Å². The number of halogens is 1. The lowest BCUT2D eigenvalue weighted by Gasteiger charge is -1.99. The smallest absolute Gasteiger partial charge is 0.268 e. The van der Waals surface area contributed by atoms with E-state index in [1.807, 2.05) is 13.0 Å². The molecule has 2 heterocycles. The number of rotatable bonds is 3. The molecule has 0 aromatic carbocycles. The van der Waals surface area contributed by atoms with E-state index in [1.54, 1.807) is 0 Å². The van der Waals surface area contributed by atoms with Crippen molar-refractivity contribution in [2.75, 3.05) is 6.61 Å². The van der Waals surface area contributed by atoms with Crippen LogP contribution in [0.5, 0.6) is 0 Å². The van der Waals surface area contributed by atoms with Gasteiger partial charge >= 0.3 is 0 Å². The van der Waals surface area contributed by atoms with Crippen LogP contribution in [-0.2, 0) is 11.3 Å². The van der Waals surface area contributed by atoms with Crippen LogP contribution in [-0.4, -0.2) is 16.6 Å². The van der Waals surface area contributed by atoms with Crippen molar-refractivity contribution in [2.45, 2.75) is 13.5 Å². The first-order valence-corrected chi connectivity index (χ1v) is 6.07. The van der Waals surface area contributed by atoms with Gasteiger partial charge in [-0.3, -0.25) is 4.79 Å². The quantitative estimate of drug-likeness (QED) is 0.943. The first-order valence-electron chi connectivity index (χ1n) is 4.46. The molecule has 2 aromatic heterocycles. The molecule has 0 radical (unpaired) electrons. The van der Waals surface area contributed by atoms with Gasteiger partial charge in [0.1, 0.15) is 17.1 Å². The molecule has 0 saturated carbocycles. The summed E-state index contributed by atoms with van der Waals surface area (Å²) < 4.78 is 6.74. The van der Waals surface area contributed by atoms with E-state index in [0.29, 0.717) is 29.3 Å². The summed E-state index contributed by atoms with van der Waals surface area (Å²) in [6, 6.07) is 1.84. The van der Waals surface area contributed by atoms with Gasteiger partial charge in [-0.05, 0) is 28.9 Å². The molecule has 0 unspecified atom stereocenters. The molecule has 0 amide bonds. The third kappa shape index (κ3) is 2.27. The highest BCUT2D eigenvalue weighted by molar-refractivity contribution is 9.11. The molecule has 4 nitrogen and oxygen atoms in total. The average Bonchev–Trinajstić information content (AvgIpc) is 2.56. The second kappa shape index (κ2) is 4.42. The summed E-state index contributed by atoms with van der Waals surface area (Å²) in [4.78, 5) is 18.6. The molecule has 2 rings (SSSR count). The predicted molar refractivity (Wildman–Crippen MR) is 63.3 cm³/mol. The van der Waals surface area contributed by atoms with Crippen LogP contribution in [0.1, 0.15) is 12.7 Å². The SMILES string of the molecule is CCOCc1nc2cc(Br)sc2c(=O)[nH]1. The lowest BCUT2D eigenvalue weighted by Crippen LogP contribution is -2.11. The molecule has 0 atom stereocenters. The van der Waals surface area contributed by atoms with Crippen LogP contribution >= 0.6 is 27.3 Å². The Bertz CT molecular complexity index is 534. The van der Waals surface area contributed by atoms with E-state index in [9.17, 15) is 4.79 Å². The fourth-order valence-electron chi connectivity index (χ4n) is 1.23. The number of thiophene rings is 1.